The minimum absolute atomic E-state index is 0.174. The maximum atomic E-state index is 12.6. The number of aryl methyl sites for hydroxylation is 1. The standard InChI is InChI=1S/C18H19BrN2O4S/c1-13-2-7-17(16(19)12-13)20-18(22)14-3-5-15(6-4-14)26(23,24)21-8-10-25-11-9-21/h2-7,12H,8-11H2,1H3,(H,20,22). The normalized spacial score (nSPS) is 15.6. The molecule has 8 heteroatoms. The number of carbonyl (C=O) groups is 1. The summed E-state index contributed by atoms with van der Waals surface area (Å²) in [5.41, 5.74) is 2.12. The maximum Gasteiger partial charge on any atom is 0.255 e. The summed E-state index contributed by atoms with van der Waals surface area (Å²) < 4.78 is 32.6. The lowest BCUT2D eigenvalue weighted by Gasteiger charge is -2.26. The molecule has 138 valence electrons. The molecule has 1 amide bonds. The Hall–Kier alpha value is -1.74. The smallest absolute Gasteiger partial charge is 0.255 e. The van der Waals surface area contributed by atoms with Gasteiger partial charge < -0.3 is 10.1 Å². The first-order chi connectivity index (χ1) is 12.4. The van der Waals surface area contributed by atoms with Crippen LogP contribution in [0.15, 0.2) is 51.8 Å². The number of benzene rings is 2. The first kappa shape index (κ1) is 19.0. The van der Waals surface area contributed by atoms with Crippen molar-refractivity contribution in [2.75, 3.05) is 31.6 Å². The lowest BCUT2D eigenvalue weighted by molar-refractivity contribution is 0.0730. The molecule has 3 rings (SSSR count). The summed E-state index contributed by atoms with van der Waals surface area (Å²) in [5, 5.41) is 2.81. The molecular formula is C18H19BrN2O4S. The molecule has 6 nitrogen and oxygen atoms in total. The molecule has 0 radical (unpaired) electrons. The van der Waals surface area contributed by atoms with Crippen LogP contribution in [0.1, 0.15) is 15.9 Å². The van der Waals surface area contributed by atoms with Crippen molar-refractivity contribution >= 4 is 37.5 Å². The van der Waals surface area contributed by atoms with Crippen molar-refractivity contribution in [2.45, 2.75) is 11.8 Å². The summed E-state index contributed by atoms with van der Waals surface area (Å²) in [4.78, 5) is 12.6. The van der Waals surface area contributed by atoms with E-state index in [-0.39, 0.29) is 10.8 Å². The predicted molar refractivity (Wildman–Crippen MR) is 103 cm³/mol. The minimum atomic E-state index is -3.56. The molecule has 1 fully saturated rings. The van der Waals surface area contributed by atoms with Crippen LogP contribution in [0.4, 0.5) is 5.69 Å². The van der Waals surface area contributed by atoms with Crippen molar-refractivity contribution in [1.29, 1.82) is 0 Å². The third kappa shape index (κ3) is 4.15. The second-order valence-electron chi connectivity index (χ2n) is 5.98. The number of nitrogens with one attached hydrogen (secondary N) is 1. The third-order valence-corrected chi connectivity index (χ3v) is 6.67. The van der Waals surface area contributed by atoms with Gasteiger partial charge in [-0.05, 0) is 64.8 Å². The third-order valence-electron chi connectivity index (χ3n) is 4.10. The number of rotatable bonds is 4. The molecule has 0 saturated carbocycles. The zero-order valence-corrected chi connectivity index (χ0v) is 16.6. The van der Waals surface area contributed by atoms with Crippen LogP contribution in [0.3, 0.4) is 0 Å². The summed E-state index contributed by atoms with van der Waals surface area (Å²) >= 11 is 3.42. The number of halogens is 1. The van der Waals surface area contributed by atoms with Gasteiger partial charge in [-0.2, -0.15) is 4.31 Å². The summed E-state index contributed by atoms with van der Waals surface area (Å²) in [6, 6.07) is 11.6. The fourth-order valence-electron chi connectivity index (χ4n) is 2.63. The van der Waals surface area contributed by atoms with Crippen molar-refractivity contribution in [1.82, 2.24) is 4.31 Å². The SMILES string of the molecule is Cc1ccc(NC(=O)c2ccc(S(=O)(=O)N3CCOCC3)cc2)c(Br)c1. The number of ether oxygens (including phenoxy) is 1. The topological polar surface area (TPSA) is 75.7 Å². The van der Waals surface area contributed by atoms with Crippen molar-refractivity contribution in [3.63, 3.8) is 0 Å². The predicted octanol–water partition coefficient (Wildman–Crippen LogP) is 3.03. The van der Waals surface area contributed by atoms with Gasteiger partial charge in [-0.3, -0.25) is 4.79 Å². The van der Waals surface area contributed by atoms with Gasteiger partial charge in [-0.15, -0.1) is 0 Å². The number of hydrogen-bond donors (Lipinski definition) is 1. The van der Waals surface area contributed by atoms with E-state index in [1.807, 2.05) is 25.1 Å². The van der Waals surface area contributed by atoms with Crippen molar-refractivity contribution < 1.29 is 17.9 Å². The highest BCUT2D eigenvalue weighted by Gasteiger charge is 2.26. The van der Waals surface area contributed by atoms with Crippen molar-refractivity contribution in [2.24, 2.45) is 0 Å². The number of carbonyl (C=O) groups excluding carboxylic acids is 1. The molecule has 2 aromatic carbocycles. The summed E-state index contributed by atoms with van der Waals surface area (Å²) in [6.45, 7) is 3.43. The highest BCUT2D eigenvalue weighted by Crippen LogP contribution is 2.24. The van der Waals surface area contributed by atoms with E-state index in [0.717, 1.165) is 10.0 Å². The van der Waals surface area contributed by atoms with Crippen LogP contribution in [0.25, 0.3) is 0 Å². The number of morpholine rings is 1. The monoisotopic (exact) mass is 438 g/mol. The number of hydrogen-bond acceptors (Lipinski definition) is 4. The average Bonchev–Trinajstić information content (AvgIpc) is 2.65. The Kier molecular flexibility index (Phi) is 5.76. The Labute approximate surface area is 161 Å². The summed E-state index contributed by atoms with van der Waals surface area (Å²) in [6.07, 6.45) is 0. The fraction of sp³-hybridized carbons (Fsp3) is 0.278. The van der Waals surface area contributed by atoms with Gasteiger partial charge in [0.25, 0.3) is 5.91 Å². The van der Waals surface area contributed by atoms with Crippen molar-refractivity contribution in [3.8, 4) is 0 Å². The Morgan fingerprint density at radius 3 is 2.38 bits per heavy atom. The van der Waals surface area contributed by atoms with Gasteiger partial charge >= 0.3 is 0 Å². The highest BCUT2D eigenvalue weighted by atomic mass is 79.9. The first-order valence-electron chi connectivity index (χ1n) is 8.13. The Balaban J connectivity index is 1.75. The van der Waals surface area contributed by atoms with Gasteiger partial charge in [0.05, 0.1) is 23.8 Å². The van der Waals surface area contributed by atoms with Crippen LogP contribution < -0.4 is 5.32 Å². The van der Waals surface area contributed by atoms with E-state index < -0.39 is 10.0 Å². The van der Waals surface area contributed by atoms with Gasteiger partial charge in [0, 0.05) is 23.1 Å². The lowest BCUT2D eigenvalue weighted by Crippen LogP contribution is -2.40. The van der Waals surface area contributed by atoms with Crippen LogP contribution in [-0.4, -0.2) is 44.9 Å². The quantitative estimate of drug-likeness (QED) is 0.795. The number of nitrogens with zero attached hydrogens (tertiary/aromatic N) is 1. The van der Waals surface area contributed by atoms with E-state index in [1.54, 1.807) is 0 Å². The van der Waals surface area contributed by atoms with Crippen LogP contribution in [0.2, 0.25) is 0 Å². The molecule has 1 aliphatic heterocycles. The lowest BCUT2D eigenvalue weighted by atomic mass is 10.2. The first-order valence-corrected chi connectivity index (χ1v) is 10.4. The molecule has 26 heavy (non-hydrogen) atoms. The highest BCUT2D eigenvalue weighted by molar-refractivity contribution is 9.10. The number of anilines is 1. The summed E-state index contributed by atoms with van der Waals surface area (Å²) in [7, 11) is -3.56. The van der Waals surface area contributed by atoms with Crippen LogP contribution >= 0.6 is 15.9 Å². The van der Waals surface area contributed by atoms with Gasteiger partial charge in [0.15, 0.2) is 0 Å². The molecule has 1 N–H and O–H groups in total. The van der Waals surface area contributed by atoms with Crippen LogP contribution in [0.5, 0.6) is 0 Å². The van der Waals surface area contributed by atoms with E-state index >= 15 is 0 Å². The van der Waals surface area contributed by atoms with Crippen LogP contribution in [-0.2, 0) is 14.8 Å². The maximum absolute atomic E-state index is 12.6. The number of sulfonamides is 1. The van der Waals surface area contributed by atoms with E-state index in [2.05, 4.69) is 21.2 Å². The largest absolute Gasteiger partial charge is 0.379 e. The van der Waals surface area contributed by atoms with Gasteiger partial charge in [-0.1, -0.05) is 6.07 Å². The van der Waals surface area contributed by atoms with E-state index in [9.17, 15) is 13.2 Å². The second-order valence-corrected chi connectivity index (χ2v) is 8.77. The van der Waals surface area contributed by atoms with Crippen LogP contribution in [0, 0.1) is 6.92 Å². The molecule has 1 saturated heterocycles. The molecule has 0 aliphatic carbocycles. The van der Waals surface area contributed by atoms with E-state index in [4.69, 9.17) is 4.74 Å². The van der Waals surface area contributed by atoms with Gasteiger partial charge in [-0.25, -0.2) is 8.42 Å². The molecule has 2 aromatic rings. The Bertz CT molecular complexity index is 907. The molecule has 1 aliphatic rings. The van der Waals surface area contributed by atoms with Crippen molar-refractivity contribution in [3.05, 3.63) is 58.1 Å². The molecule has 0 atom stereocenters. The summed E-state index contributed by atoms with van der Waals surface area (Å²) in [5.74, 6) is -0.301. The zero-order valence-electron chi connectivity index (χ0n) is 14.2. The molecule has 0 aromatic heterocycles. The Morgan fingerprint density at radius 1 is 1.12 bits per heavy atom. The second kappa shape index (κ2) is 7.87. The zero-order chi connectivity index (χ0) is 18.7. The molecule has 0 unspecified atom stereocenters. The van der Waals surface area contributed by atoms with E-state index in [0.29, 0.717) is 37.6 Å². The fourth-order valence-corrected chi connectivity index (χ4v) is 4.63. The molecular weight excluding hydrogens is 420 g/mol. The average molecular weight is 439 g/mol. The van der Waals surface area contributed by atoms with Gasteiger partial charge in [0.2, 0.25) is 10.0 Å². The Morgan fingerprint density at radius 2 is 1.77 bits per heavy atom. The number of amides is 1. The molecule has 1 heterocycles. The molecule has 0 bridgehead atoms. The van der Waals surface area contributed by atoms with E-state index in [1.165, 1.54) is 28.6 Å². The molecule has 0 spiro atoms. The van der Waals surface area contributed by atoms with Gasteiger partial charge in [0.1, 0.15) is 0 Å². The minimum Gasteiger partial charge on any atom is -0.379 e.